The summed E-state index contributed by atoms with van der Waals surface area (Å²) in [5.74, 6) is 0.536. The van der Waals surface area contributed by atoms with Gasteiger partial charge in [0.15, 0.2) is 5.65 Å². The fourth-order valence-electron chi connectivity index (χ4n) is 3.53. The fourth-order valence-corrected chi connectivity index (χ4v) is 3.53. The van der Waals surface area contributed by atoms with Crippen LogP contribution in [0.5, 0.6) is 5.75 Å². The number of aliphatic hydroxyl groups excluding tert-OH is 1. The lowest BCUT2D eigenvalue weighted by atomic mass is 9.75. The minimum absolute atomic E-state index is 0.138. The molecule has 0 bridgehead atoms. The van der Waals surface area contributed by atoms with Crippen molar-refractivity contribution in [1.29, 1.82) is 0 Å². The second-order valence-corrected chi connectivity index (χ2v) is 6.85. The van der Waals surface area contributed by atoms with E-state index in [4.69, 9.17) is 4.74 Å². The first-order valence-corrected chi connectivity index (χ1v) is 8.84. The molecule has 3 aromatic heterocycles. The Morgan fingerprint density at radius 2 is 2.19 bits per heavy atom. The molecule has 3 aromatic rings. The zero-order valence-corrected chi connectivity index (χ0v) is 15.2. The lowest BCUT2D eigenvalue weighted by Gasteiger charge is -2.38. The number of aryl methyl sites for hydroxylation is 1. The number of amides is 1. The molecule has 4 rings (SSSR count). The molecule has 8 nitrogen and oxygen atoms in total. The molecule has 1 saturated carbocycles. The summed E-state index contributed by atoms with van der Waals surface area (Å²) in [5, 5.41) is 17.0. The molecule has 0 unspecified atom stereocenters. The molecule has 1 amide bonds. The second kappa shape index (κ2) is 6.96. The maximum Gasteiger partial charge on any atom is 0.255 e. The number of aromatic nitrogens is 4. The van der Waals surface area contributed by atoms with Crippen molar-refractivity contribution >= 4 is 11.6 Å². The van der Waals surface area contributed by atoms with E-state index in [1.807, 2.05) is 13.0 Å². The Morgan fingerprint density at radius 1 is 1.37 bits per heavy atom. The number of hydrogen-bond donors (Lipinski definition) is 2. The molecule has 0 saturated heterocycles. The maximum absolute atomic E-state index is 13.0. The first-order valence-electron chi connectivity index (χ1n) is 8.84. The highest BCUT2D eigenvalue weighted by Gasteiger charge is 2.36. The van der Waals surface area contributed by atoms with Gasteiger partial charge in [0.2, 0.25) is 0 Å². The Hall–Kier alpha value is -3.00. The smallest absolute Gasteiger partial charge is 0.255 e. The average Bonchev–Trinajstić information content (AvgIpc) is 3.14. The quantitative estimate of drug-likeness (QED) is 0.711. The summed E-state index contributed by atoms with van der Waals surface area (Å²) in [4.78, 5) is 21.5. The first kappa shape index (κ1) is 17.4. The van der Waals surface area contributed by atoms with Gasteiger partial charge in [-0.05, 0) is 37.3 Å². The van der Waals surface area contributed by atoms with Crippen LogP contribution in [-0.2, 0) is 0 Å². The van der Waals surface area contributed by atoms with Gasteiger partial charge in [-0.15, -0.1) is 0 Å². The highest BCUT2D eigenvalue weighted by molar-refractivity contribution is 5.95. The summed E-state index contributed by atoms with van der Waals surface area (Å²) in [7, 11) is 1.58. The Balaban J connectivity index is 1.64. The standard InChI is InChI=1S/C19H21N5O3/c1-11-16(10-21-17-3-4-22-24(11)17)19(26)23-18(12-5-14(25)6-12)13-7-15(27-2)9-20-8-13/h3-4,7-10,12,14,18,25H,5-6H2,1-2H3,(H,23,26)/t12?,14?,18-/m1/s1. The van der Waals surface area contributed by atoms with Gasteiger partial charge in [-0.1, -0.05) is 0 Å². The number of pyridine rings is 1. The minimum atomic E-state index is -0.322. The molecule has 0 spiro atoms. The van der Waals surface area contributed by atoms with Crippen LogP contribution in [0.15, 0.2) is 36.9 Å². The number of methoxy groups -OCH3 is 1. The van der Waals surface area contributed by atoms with Crippen molar-refractivity contribution in [2.45, 2.75) is 31.9 Å². The SMILES string of the molecule is COc1cncc([C@H](NC(=O)c2cnc3ccnn3c2C)C2CC(O)C2)c1. The van der Waals surface area contributed by atoms with Gasteiger partial charge >= 0.3 is 0 Å². The molecule has 0 aromatic carbocycles. The fraction of sp³-hybridized carbons (Fsp3) is 0.368. The Labute approximate surface area is 156 Å². The van der Waals surface area contributed by atoms with Crippen LogP contribution in [-0.4, -0.2) is 43.8 Å². The van der Waals surface area contributed by atoms with Crippen LogP contribution in [0.2, 0.25) is 0 Å². The largest absolute Gasteiger partial charge is 0.495 e. The lowest BCUT2D eigenvalue weighted by molar-refractivity contribution is 0.0234. The van der Waals surface area contributed by atoms with Crippen molar-refractivity contribution in [3.8, 4) is 5.75 Å². The zero-order valence-electron chi connectivity index (χ0n) is 15.2. The van der Waals surface area contributed by atoms with Crippen LogP contribution in [0.3, 0.4) is 0 Å². The number of rotatable bonds is 5. The van der Waals surface area contributed by atoms with Gasteiger partial charge in [-0.2, -0.15) is 5.10 Å². The predicted octanol–water partition coefficient (Wildman–Crippen LogP) is 1.68. The van der Waals surface area contributed by atoms with Gasteiger partial charge in [-0.25, -0.2) is 9.50 Å². The molecule has 2 N–H and O–H groups in total. The molecule has 1 aliphatic carbocycles. The highest BCUT2D eigenvalue weighted by atomic mass is 16.5. The van der Waals surface area contributed by atoms with Crippen molar-refractivity contribution in [2.75, 3.05) is 7.11 Å². The number of nitrogens with zero attached hydrogens (tertiary/aromatic N) is 4. The van der Waals surface area contributed by atoms with Crippen LogP contribution in [0, 0.1) is 12.8 Å². The van der Waals surface area contributed by atoms with Crippen LogP contribution < -0.4 is 10.1 Å². The van der Waals surface area contributed by atoms with Gasteiger partial charge in [0, 0.05) is 18.5 Å². The summed E-state index contributed by atoms with van der Waals surface area (Å²) in [6.45, 7) is 1.84. The summed E-state index contributed by atoms with van der Waals surface area (Å²) < 4.78 is 6.90. The molecule has 1 atom stereocenters. The normalized spacial score (nSPS) is 20.1. The Morgan fingerprint density at radius 3 is 2.93 bits per heavy atom. The summed E-state index contributed by atoms with van der Waals surface area (Å²) in [5.41, 5.74) is 2.73. The molecule has 8 heteroatoms. The van der Waals surface area contributed by atoms with E-state index in [2.05, 4.69) is 20.4 Å². The van der Waals surface area contributed by atoms with Crippen molar-refractivity contribution in [2.24, 2.45) is 5.92 Å². The van der Waals surface area contributed by atoms with Crippen LogP contribution in [0.25, 0.3) is 5.65 Å². The van der Waals surface area contributed by atoms with E-state index in [-0.39, 0.29) is 24.0 Å². The summed E-state index contributed by atoms with van der Waals surface area (Å²) >= 11 is 0. The number of nitrogens with one attached hydrogen (secondary N) is 1. The zero-order chi connectivity index (χ0) is 19.0. The number of carbonyl (C=O) groups excluding carboxylic acids is 1. The van der Waals surface area contributed by atoms with Gasteiger partial charge in [0.1, 0.15) is 5.75 Å². The number of aliphatic hydroxyl groups is 1. The van der Waals surface area contributed by atoms with E-state index in [1.54, 1.807) is 42.5 Å². The van der Waals surface area contributed by atoms with Gasteiger partial charge in [0.25, 0.3) is 5.91 Å². The van der Waals surface area contributed by atoms with Crippen molar-refractivity contribution in [1.82, 2.24) is 24.9 Å². The van der Waals surface area contributed by atoms with Crippen molar-refractivity contribution in [3.05, 3.63) is 53.7 Å². The predicted molar refractivity (Wildman–Crippen MR) is 97.5 cm³/mol. The third kappa shape index (κ3) is 3.23. The molecule has 27 heavy (non-hydrogen) atoms. The Kier molecular flexibility index (Phi) is 4.49. The molecule has 1 fully saturated rings. The van der Waals surface area contributed by atoms with E-state index >= 15 is 0 Å². The number of carbonyl (C=O) groups is 1. The maximum atomic E-state index is 13.0. The van der Waals surface area contributed by atoms with Crippen LogP contribution in [0.1, 0.15) is 40.5 Å². The number of fused-ring (bicyclic) bond motifs is 1. The summed E-state index contributed by atoms with van der Waals surface area (Å²) in [6.07, 6.45) is 7.51. The average molecular weight is 367 g/mol. The lowest BCUT2D eigenvalue weighted by Crippen LogP contribution is -2.41. The molecule has 0 radical (unpaired) electrons. The van der Waals surface area contributed by atoms with Crippen LogP contribution >= 0.6 is 0 Å². The van der Waals surface area contributed by atoms with E-state index in [0.29, 0.717) is 29.8 Å². The third-order valence-electron chi connectivity index (χ3n) is 5.14. The molecular weight excluding hydrogens is 346 g/mol. The monoisotopic (exact) mass is 367 g/mol. The van der Waals surface area contributed by atoms with Crippen LogP contribution in [0.4, 0.5) is 0 Å². The number of hydrogen-bond acceptors (Lipinski definition) is 6. The molecule has 3 heterocycles. The van der Waals surface area contributed by atoms with E-state index in [1.165, 1.54) is 0 Å². The van der Waals surface area contributed by atoms with Gasteiger partial charge in [-0.3, -0.25) is 9.78 Å². The molecular formula is C19H21N5O3. The topological polar surface area (TPSA) is 102 Å². The molecule has 0 aliphatic heterocycles. The summed E-state index contributed by atoms with van der Waals surface area (Å²) in [6, 6.07) is 3.38. The van der Waals surface area contributed by atoms with Crippen molar-refractivity contribution < 1.29 is 14.6 Å². The third-order valence-corrected chi connectivity index (χ3v) is 5.14. The number of ether oxygens (including phenoxy) is 1. The van der Waals surface area contributed by atoms with Crippen molar-refractivity contribution in [3.63, 3.8) is 0 Å². The van der Waals surface area contributed by atoms with Gasteiger partial charge < -0.3 is 15.2 Å². The minimum Gasteiger partial charge on any atom is -0.495 e. The van der Waals surface area contributed by atoms with E-state index in [9.17, 15) is 9.90 Å². The molecule has 140 valence electrons. The molecule has 1 aliphatic rings. The second-order valence-electron chi connectivity index (χ2n) is 6.85. The highest BCUT2D eigenvalue weighted by Crippen LogP contribution is 2.38. The van der Waals surface area contributed by atoms with E-state index < -0.39 is 0 Å². The Bertz CT molecular complexity index is 980. The van der Waals surface area contributed by atoms with E-state index in [0.717, 1.165) is 11.3 Å². The van der Waals surface area contributed by atoms with Gasteiger partial charge in [0.05, 0.1) is 42.9 Å². The first-order chi connectivity index (χ1) is 13.1.